The van der Waals surface area contributed by atoms with Gasteiger partial charge in [0.25, 0.3) is 0 Å². The molecule has 1 N–H and O–H groups in total. The van der Waals surface area contributed by atoms with E-state index in [-0.39, 0.29) is 16.6 Å². The minimum Gasteiger partial charge on any atom is -0.317 e. The number of carbonyl (C=O) groups is 1. The number of hydrogen-bond donors (Lipinski definition) is 1. The van der Waals surface area contributed by atoms with Gasteiger partial charge in [0.2, 0.25) is 0 Å². The van der Waals surface area contributed by atoms with Crippen LogP contribution in [0.2, 0.25) is 5.02 Å². The fourth-order valence-corrected chi connectivity index (χ4v) is 3.33. The van der Waals surface area contributed by atoms with E-state index in [9.17, 15) is 4.79 Å². The van der Waals surface area contributed by atoms with E-state index < -0.39 is 0 Å². The third kappa shape index (κ3) is 4.11. The molecule has 0 atom stereocenters. The first-order chi connectivity index (χ1) is 10.2. The van der Waals surface area contributed by atoms with E-state index in [1.807, 2.05) is 25.1 Å². The van der Waals surface area contributed by atoms with Gasteiger partial charge < -0.3 is 5.32 Å². The van der Waals surface area contributed by atoms with Gasteiger partial charge in [-0.25, -0.2) is 0 Å². The number of piperidine rings is 1. The predicted molar refractivity (Wildman–Crippen MR) is 93.7 cm³/mol. The summed E-state index contributed by atoms with van der Waals surface area (Å²) in [5.74, 6) is 0.278. The fraction of sp³-hybridized carbons (Fsp3) is 0.632. The van der Waals surface area contributed by atoms with Crippen LogP contribution in [0.4, 0.5) is 0 Å². The quantitative estimate of drug-likeness (QED) is 0.788. The Balaban J connectivity index is 2.27. The smallest absolute Gasteiger partial charge is 0.169 e. The molecule has 3 heteroatoms. The average Bonchev–Trinajstić information content (AvgIpc) is 2.47. The minimum absolute atomic E-state index is 0.225. The van der Waals surface area contributed by atoms with Crippen LogP contribution in [0.1, 0.15) is 62.4 Å². The van der Waals surface area contributed by atoms with Gasteiger partial charge in [-0.1, -0.05) is 44.5 Å². The summed E-state index contributed by atoms with van der Waals surface area (Å²) < 4.78 is 0. The lowest BCUT2D eigenvalue weighted by Crippen LogP contribution is -2.42. The van der Waals surface area contributed by atoms with Gasteiger partial charge in [-0.05, 0) is 62.7 Å². The van der Waals surface area contributed by atoms with Gasteiger partial charge >= 0.3 is 0 Å². The molecule has 2 nitrogen and oxygen atoms in total. The number of aryl methyl sites for hydroxylation is 1. The maximum absolute atomic E-state index is 13.2. The van der Waals surface area contributed by atoms with Crippen LogP contribution in [0.3, 0.4) is 0 Å². The molecule has 0 unspecified atom stereocenters. The first-order valence-electron chi connectivity index (χ1n) is 8.25. The van der Waals surface area contributed by atoms with Crippen molar-refractivity contribution in [2.24, 2.45) is 10.8 Å². The van der Waals surface area contributed by atoms with Crippen LogP contribution in [-0.4, -0.2) is 18.9 Å². The molecule has 122 valence electrons. The van der Waals surface area contributed by atoms with Gasteiger partial charge in [0.05, 0.1) is 0 Å². The van der Waals surface area contributed by atoms with Crippen molar-refractivity contribution >= 4 is 17.4 Å². The van der Waals surface area contributed by atoms with Gasteiger partial charge in [0.1, 0.15) is 0 Å². The molecular weight excluding hydrogens is 294 g/mol. The fourth-order valence-electron chi connectivity index (χ4n) is 3.15. The monoisotopic (exact) mass is 321 g/mol. The third-order valence-corrected chi connectivity index (χ3v) is 5.24. The lowest BCUT2D eigenvalue weighted by atomic mass is 9.68. The molecule has 0 amide bonds. The number of rotatable bonds is 4. The van der Waals surface area contributed by atoms with Crippen LogP contribution >= 0.6 is 11.6 Å². The van der Waals surface area contributed by atoms with Crippen molar-refractivity contribution in [3.8, 4) is 0 Å². The van der Waals surface area contributed by atoms with E-state index in [2.05, 4.69) is 26.1 Å². The molecule has 0 spiro atoms. The van der Waals surface area contributed by atoms with Crippen molar-refractivity contribution in [3.63, 3.8) is 0 Å². The molecule has 1 saturated heterocycles. The Morgan fingerprint density at radius 3 is 2.45 bits per heavy atom. The molecule has 1 fully saturated rings. The number of hydrogen-bond acceptors (Lipinski definition) is 2. The lowest BCUT2D eigenvalue weighted by Gasteiger charge is -2.38. The van der Waals surface area contributed by atoms with Crippen LogP contribution in [0.25, 0.3) is 0 Å². The Hall–Kier alpha value is -0.860. The van der Waals surface area contributed by atoms with Crippen LogP contribution in [-0.2, 0) is 0 Å². The number of Topliss-reactive ketones (excluding diaryl/α,β-unsaturated/α-hetero) is 1. The molecule has 0 radical (unpaired) electrons. The molecule has 1 aliphatic rings. The maximum atomic E-state index is 13.2. The maximum Gasteiger partial charge on any atom is 0.169 e. The largest absolute Gasteiger partial charge is 0.317 e. The molecule has 1 aromatic carbocycles. The molecule has 1 heterocycles. The van der Waals surface area contributed by atoms with Crippen LogP contribution in [0.15, 0.2) is 18.2 Å². The molecule has 0 aromatic heterocycles. The summed E-state index contributed by atoms with van der Waals surface area (Å²) in [4.78, 5) is 13.2. The Labute approximate surface area is 139 Å². The first kappa shape index (κ1) is 17.5. The second-order valence-electron chi connectivity index (χ2n) is 7.88. The number of nitrogens with one attached hydrogen (secondary N) is 1. The van der Waals surface area contributed by atoms with Crippen molar-refractivity contribution < 1.29 is 4.79 Å². The topological polar surface area (TPSA) is 29.1 Å². The highest BCUT2D eigenvalue weighted by molar-refractivity contribution is 6.31. The zero-order valence-corrected chi connectivity index (χ0v) is 15.0. The predicted octanol–water partition coefficient (Wildman–Crippen LogP) is 5.03. The van der Waals surface area contributed by atoms with E-state index in [4.69, 9.17) is 11.6 Å². The summed E-state index contributed by atoms with van der Waals surface area (Å²) in [7, 11) is 0. The normalized spacial score (nSPS) is 18.2. The van der Waals surface area contributed by atoms with Crippen molar-refractivity contribution in [2.75, 3.05) is 13.1 Å². The minimum atomic E-state index is -0.225. The average molecular weight is 322 g/mol. The van der Waals surface area contributed by atoms with Crippen LogP contribution in [0, 0.1) is 17.8 Å². The standard InChI is InChI=1S/C19H28ClNO/c1-14-5-6-15(13-16(14)20)17(22)19(8-7-18(2,3)4)9-11-21-12-10-19/h5-6,13,21H,7-12H2,1-4H3. The van der Waals surface area contributed by atoms with E-state index >= 15 is 0 Å². The van der Waals surface area contributed by atoms with Gasteiger partial charge in [-0.2, -0.15) is 0 Å². The molecule has 1 aromatic rings. The Kier molecular flexibility index (Phi) is 5.34. The van der Waals surface area contributed by atoms with Crippen molar-refractivity contribution in [1.29, 1.82) is 0 Å². The summed E-state index contributed by atoms with van der Waals surface area (Å²) in [6.45, 7) is 10.6. The molecule has 2 rings (SSSR count). The number of carbonyl (C=O) groups excluding carboxylic acids is 1. The molecule has 0 bridgehead atoms. The molecule has 0 saturated carbocycles. The Morgan fingerprint density at radius 1 is 1.27 bits per heavy atom. The Bertz CT molecular complexity index is 539. The molecule has 0 aliphatic carbocycles. The van der Waals surface area contributed by atoms with E-state index in [0.29, 0.717) is 5.02 Å². The summed E-state index contributed by atoms with van der Waals surface area (Å²) >= 11 is 6.23. The van der Waals surface area contributed by atoms with Gasteiger partial charge in [-0.3, -0.25) is 4.79 Å². The SMILES string of the molecule is Cc1ccc(C(=O)C2(CCC(C)(C)C)CCNCC2)cc1Cl. The second-order valence-corrected chi connectivity index (χ2v) is 8.29. The van der Waals surface area contributed by atoms with Crippen molar-refractivity contribution in [3.05, 3.63) is 34.3 Å². The summed E-state index contributed by atoms with van der Waals surface area (Å²) in [6.07, 6.45) is 3.88. The zero-order chi connectivity index (χ0) is 16.4. The number of ketones is 1. The van der Waals surface area contributed by atoms with Crippen molar-refractivity contribution in [1.82, 2.24) is 5.32 Å². The van der Waals surface area contributed by atoms with E-state index in [1.54, 1.807) is 0 Å². The highest BCUT2D eigenvalue weighted by atomic mass is 35.5. The van der Waals surface area contributed by atoms with E-state index in [0.717, 1.165) is 49.9 Å². The van der Waals surface area contributed by atoms with E-state index in [1.165, 1.54) is 0 Å². The molecule has 22 heavy (non-hydrogen) atoms. The summed E-state index contributed by atoms with van der Waals surface area (Å²) in [5, 5.41) is 4.07. The number of benzene rings is 1. The Morgan fingerprint density at radius 2 is 1.91 bits per heavy atom. The summed E-state index contributed by atoms with van der Waals surface area (Å²) in [6, 6.07) is 5.73. The number of halogens is 1. The highest BCUT2D eigenvalue weighted by Crippen LogP contribution is 2.41. The van der Waals surface area contributed by atoms with Gasteiger partial charge in [0.15, 0.2) is 5.78 Å². The zero-order valence-electron chi connectivity index (χ0n) is 14.3. The van der Waals surface area contributed by atoms with Gasteiger partial charge in [0, 0.05) is 16.0 Å². The second kappa shape index (κ2) is 6.72. The van der Waals surface area contributed by atoms with Crippen LogP contribution < -0.4 is 5.32 Å². The highest BCUT2D eigenvalue weighted by Gasteiger charge is 2.40. The summed E-state index contributed by atoms with van der Waals surface area (Å²) in [5.41, 5.74) is 1.82. The lowest BCUT2D eigenvalue weighted by molar-refractivity contribution is 0.0677. The van der Waals surface area contributed by atoms with Crippen LogP contribution in [0.5, 0.6) is 0 Å². The molecule has 1 aliphatic heterocycles. The molecular formula is C19H28ClNO. The third-order valence-electron chi connectivity index (χ3n) is 4.83. The van der Waals surface area contributed by atoms with Gasteiger partial charge in [-0.15, -0.1) is 0 Å². The first-order valence-corrected chi connectivity index (χ1v) is 8.63. The van der Waals surface area contributed by atoms with Crippen molar-refractivity contribution in [2.45, 2.75) is 53.4 Å².